The molecule has 2 unspecified atom stereocenters. The molecule has 0 saturated heterocycles. The lowest BCUT2D eigenvalue weighted by atomic mass is 9.43. The first-order valence-electron chi connectivity index (χ1n) is 13.8. The van der Waals surface area contributed by atoms with E-state index >= 15 is 0 Å². The standard InChI is InChI=1S/C29H52O2Si/c1-9-10-22-24-14-12-21-23-13-11-20(19-31-32(7,8)27(2,3)4)28(23,5)17-15-25(21)29(24,6)18-16-26(22)30/h9,20-26,30H,1,10-19H2,2-8H3/t20?,21-,22-,23-,24?,25-,26+,28+,29-/m0/s1. The number of rotatable bonds is 5. The number of allylic oxidation sites excluding steroid dienone is 1. The van der Waals surface area contributed by atoms with E-state index in [1.807, 2.05) is 0 Å². The Morgan fingerprint density at radius 3 is 2.22 bits per heavy atom. The van der Waals surface area contributed by atoms with Gasteiger partial charge >= 0.3 is 0 Å². The Hall–Kier alpha value is -0.123. The Labute approximate surface area is 200 Å². The van der Waals surface area contributed by atoms with Crippen LogP contribution in [0.4, 0.5) is 0 Å². The fourth-order valence-electron chi connectivity index (χ4n) is 8.92. The minimum absolute atomic E-state index is 0.111. The van der Waals surface area contributed by atoms with E-state index in [1.165, 1.54) is 44.9 Å². The van der Waals surface area contributed by atoms with E-state index in [-0.39, 0.29) is 6.10 Å². The summed E-state index contributed by atoms with van der Waals surface area (Å²) in [6.45, 7) is 22.2. The van der Waals surface area contributed by atoms with Gasteiger partial charge in [0.25, 0.3) is 0 Å². The van der Waals surface area contributed by atoms with E-state index in [0.717, 1.165) is 43.1 Å². The van der Waals surface area contributed by atoms with Gasteiger partial charge < -0.3 is 9.53 Å². The Kier molecular flexibility index (Phi) is 6.65. The lowest BCUT2D eigenvalue weighted by Gasteiger charge is -2.62. The SMILES string of the molecule is C=CC[C@H]1C2CC[C@@H]3[C@H](CC[C@]4(C)C(CO[Si](C)(C)C(C)(C)C)CC[C@@H]34)[C@@]2(C)CC[C@H]1O. The normalized spacial score (nSPS) is 46.8. The van der Waals surface area contributed by atoms with E-state index in [1.54, 1.807) is 0 Å². The zero-order valence-electron chi connectivity index (χ0n) is 22.3. The van der Waals surface area contributed by atoms with E-state index in [4.69, 9.17) is 4.43 Å². The fraction of sp³-hybridized carbons (Fsp3) is 0.931. The third-order valence-corrected chi connectivity index (χ3v) is 16.5. The van der Waals surface area contributed by atoms with Crippen molar-refractivity contribution < 1.29 is 9.53 Å². The second-order valence-corrected chi connectivity index (χ2v) is 19.1. The van der Waals surface area contributed by atoms with Gasteiger partial charge in [-0.3, -0.25) is 0 Å². The van der Waals surface area contributed by atoms with Crippen LogP contribution >= 0.6 is 0 Å². The highest BCUT2D eigenvalue weighted by Gasteiger charge is 2.61. The van der Waals surface area contributed by atoms with Gasteiger partial charge in [0, 0.05) is 6.61 Å². The van der Waals surface area contributed by atoms with Gasteiger partial charge in [-0.1, -0.05) is 40.7 Å². The topological polar surface area (TPSA) is 29.5 Å². The Morgan fingerprint density at radius 2 is 1.56 bits per heavy atom. The van der Waals surface area contributed by atoms with Crippen molar-refractivity contribution in [3.05, 3.63) is 12.7 Å². The van der Waals surface area contributed by atoms with Gasteiger partial charge in [-0.15, -0.1) is 6.58 Å². The first-order valence-corrected chi connectivity index (χ1v) is 16.7. The zero-order valence-corrected chi connectivity index (χ0v) is 23.3. The van der Waals surface area contributed by atoms with Crippen LogP contribution in [-0.2, 0) is 4.43 Å². The van der Waals surface area contributed by atoms with Crippen molar-refractivity contribution in [3.63, 3.8) is 0 Å². The zero-order chi connectivity index (χ0) is 23.5. The molecule has 0 aromatic rings. The molecule has 4 rings (SSSR count). The number of aliphatic hydroxyl groups excluding tert-OH is 1. The minimum atomic E-state index is -1.69. The molecule has 184 valence electrons. The average molecular weight is 461 g/mol. The molecule has 4 aliphatic carbocycles. The van der Waals surface area contributed by atoms with Gasteiger partial charge in [0.2, 0.25) is 0 Å². The quantitative estimate of drug-likeness (QED) is 0.334. The molecule has 4 aliphatic rings. The maximum Gasteiger partial charge on any atom is 0.191 e. The third-order valence-electron chi connectivity index (χ3n) is 12.0. The molecule has 0 aromatic heterocycles. The summed E-state index contributed by atoms with van der Waals surface area (Å²) in [4.78, 5) is 0. The maximum atomic E-state index is 10.8. The maximum absolute atomic E-state index is 10.8. The van der Waals surface area contributed by atoms with Crippen LogP contribution in [0.5, 0.6) is 0 Å². The predicted octanol–water partition coefficient (Wildman–Crippen LogP) is 7.83. The molecule has 0 aromatic carbocycles. The third kappa shape index (κ3) is 3.90. The lowest BCUT2D eigenvalue weighted by molar-refractivity contribution is -0.151. The second-order valence-electron chi connectivity index (χ2n) is 14.3. The van der Waals surface area contributed by atoms with Crippen LogP contribution in [0.2, 0.25) is 18.1 Å². The van der Waals surface area contributed by atoms with Crippen LogP contribution < -0.4 is 0 Å². The Morgan fingerprint density at radius 1 is 0.938 bits per heavy atom. The summed E-state index contributed by atoms with van der Waals surface area (Å²) in [5.41, 5.74) is 0.897. The summed E-state index contributed by atoms with van der Waals surface area (Å²) in [7, 11) is -1.69. The van der Waals surface area contributed by atoms with Crippen LogP contribution in [0.1, 0.15) is 92.4 Å². The van der Waals surface area contributed by atoms with Crippen molar-refractivity contribution in [3.8, 4) is 0 Å². The molecule has 0 bridgehead atoms. The molecule has 9 atom stereocenters. The highest BCUT2D eigenvalue weighted by atomic mass is 28.4. The van der Waals surface area contributed by atoms with Crippen LogP contribution in [0.15, 0.2) is 12.7 Å². The van der Waals surface area contributed by atoms with Gasteiger partial charge in [-0.25, -0.2) is 0 Å². The first kappa shape index (κ1) is 25.0. The fourth-order valence-corrected chi connectivity index (χ4v) is 9.97. The summed E-state index contributed by atoms with van der Waals surface area (Å²) in [5, 5.41) is 11.1. The summed E-state index contributed by atoms with van der Waals surface area (Å²) >= 11 is 0. The molecule has 1 N–H and O–H groups in total. The van der Waals surface area contributed by atoms with Crippen molar-refractivity contribution >= 4 is 8.32 Å². The molecular weight excluding hydrogens is 408 g/mol. The summed E-state index contributed by atoms with van der Waals surface area (Å²) in [5.74, 6) is 4.52. The molecule has 0 aliphatic heterocycles. The molecule has 4 fully saturated rings. The summed E-state index contributed by atoms with van der Waals surface area (Å²) < 4.78 is 6.79. The Balaban J connectivity index is 1.50. The summed E-state index contributed by atoms with van der Waals surface area (Å²) in [6.07, 6.45) is 13.5. The van der Waals surface area contributed by atoms with Crippen LogP contribution in [0.3, 0.4) is 0 Å². The molecule has 2 nitrogen and oxygen atoms in total. The van der Waals surface area contributed by atoms with Crippen LogP contribution in [0, 0.1) is 46.3 Å². The van der Waals surface area contributed by atoms with Crippen molar-refractivity contribution in [2.75, 3.05) is 6.61 Å². The molecule has 0 radical (unpaired) electrons. The number of fused-ring (bicyclic) bond motifs is 5. The van der Waals surface area contributed by atoms with E-state index in [2.05, 4.69) is 60.4 Å². The van der Waals surface area contributed by atoms with Gasteiger partial charge in [-0.05, 0) is 122 Å². The molecule has 3 heteroatoms. The minimum Gasteiger partial charge on any atom is -0.417 e. The lowest BCUT2D eigenvalue weighted by Crippen LogP contribution is -2.56. The highest BCUT2D eigenvalue weighted by molar-refractivity contribution is 6.74. The number of aliphatic hydroxyl groups is 1. The predicted molar refractivity (Wildman–Crippen MR) is 138 cm³/mol. The molecule has 0 heterocycles. The van der Waals surface area contributed by atoms with Gasteiger partial charge in [0.15, 0.2) is 8.32 Å². The largest absolute Gasteiger partial charge is 0.417 e. The average Bonchev–Trinajstić information content (AvgIpc) is 3.04. The van der Waals surface area contributed by atoms with Crippen LogP contribution in [0.25, 0.3) is 0 Å². The molecule has 0 amide bonds. The van der Waals surface area contributed by atoms with Crippen LogP contribution in [-0.4, -0.2) is 26.1 Å². The van der Waals surface area contributed by atoms with E-state index < -0.39 is 8.32 Å². The van der Waals surface area contributed by atoms with Crippen molar-refractivity contribution in [1.29, 1.82) is 0 Å². The van der Waals surface area contributed by atoms with Crippen molar-refractivity contribution in [1.82, 2.24) is 0 Å². The number of hydrogen-bond donors (Lipinski definition) is 1. The van der Waals surface area contributed by atoms with Gasteiger partial charge in [0.05, 0.1) is 6.10 Å². The van der Waals surface area contributed by atoms with Gasteiger partial charge in [0.1, 0.15) is 0 Å². The molecule has 4 saturated carbocycles. The molecular formula is C29H52O2Si. The molecule has 32 heavy (non-hydrogen) atoms. The van der Waals surface area contributed by atoms with Crippen molar-refractivity contribution in [2.45, 2.75) is 117 Å². The van der Waals surface area contributed by atoms with E-state index in [9.17, 15) is 5.11 Å². The monoisotopic (exact) mass is 460 g/mol. The second kappa shape index (κ2) is 8.52. The summed E-state index contributed by atoms with van der Waals surface area (Å²) in [6, 6.07) is 0. The highest BCUT2D eigenvalue weighted by Crippen LogP contribution is 2.68. The first-order chi connectivity index (χ1) is 14.8. The van der Waals surface area contributed by atoms with Gasteiger partial charge in [-0.2, -0.15) is 0 Å². The smallest absolute Gasteiger partial charge is 0.191 e. The van der Waals surface area contributed by atoms with Crippen molar-refractivity contribution in [2.24, 2.45) is 46.3 Å². The Bertz CT molecular complexity index is 696. The molecule has 0 spiro atoms. The van der Waals surface area contributed by atoms with E-state index in [0.29, 0.717) is 27.7 Å². The number of hydrogen-bond acceptors (Lipinski definition) is 2.